The first kappa shape index (κ1) is 14.4. The van der Waals surface area contributed by atoms with Crippen LogP contribution in [0.5, 0.6) is 0 Å². The molecule has 2 N–H and O–H groups in total. The summed E-state index contributed by atoms with van der Waals surface area (Å²) in [5.74, 6) is 8.45. The average Bonchev–Trinajstić information content (AvgIpc) is 3.03. The molecule has 1 amide bonds. The van der Waals surface area contributed by atoms with E-state index in [4.69, 9.17) is 5.11 Å². The summed E-state index contributed by atoms with van der Waals surface area (Å²) in [4.78, 5) is 13.6. The Morgan fingerprint density at radius 1 is 1.63 bits per heavy atom. The Morgan fingerprint density at radius 2 is 2.47 bits per heavy atom. The van der Waals surface area contributed by atoms with Gasteiger partial charge in [0.1, 0.15) is 6.61 Å². The summed E-state index contributed by atoms with van der Waals surface area (Å²) < 4.78 is 0. The van der Waals surface area contributed by atoms with E-state index in [0.29, 0.717) is 10.8 Å². The maximum Gasteiger partial charge on any atom is 0.261 e. The number of aliphatic hydroxyl groups excluding tert-OH is 1. The molecule has 1 aliphatic heterocycles. The van der Waals surface area contributed by atoms with E-state index in [1.54, 1.807) is 0 Å². The molecular formula is C14H17NO2S2. The lowest BCUT2D eigenvalue weighted by Crippen LogP contribution is -2.28. The summed E-state index contributed by atoms with van der Waals surface area (Å²) in [6.07, 6.45) is 1.20. The van der Waals surface area contributed by atoms with Crippen molar-refractivity contribution in [3.8, 4) is 11.8 Å². The fraction of sp³-hybridized carbons (Fsp3) is 0.500. The molecule has 3 nitrogen and oxygen atoms in total. The van der Waals surface area contributed by atoms with Crippen LogP contribution in [0.1, 0.15) is 26.5 Å². The highest BCUT2D eigenvalue weighted by Crippen LogP contribution is 2.23. The second-order valence-electron chi connectivity index (χ2n) is 4.52. The molecule has 19 heavy (non-hydrogen) atoms. The molecule has 1 atom stereocenters. The molecule has 2 rings (SSSR count). The molecule has 102 valence electrons. The monoisotopic (exact) mass is 295 g/mol. The zero-order chi connectivity index (χ0) is 13.7. The molecule has 0 aromatic carbocycles. The second-order valence-corrected chi connectivity index (χ2v) is 6.72. The molecule has 1 unspecified atom stereocenters. The third kappa shape index (κ3) is 4.00. The highest BCUT2D eigenvalue weighted by Gasteiger charge is 2.17. The van der Waals surface area contributed by atoms with Crippen molar-refractivity contribution in [2.75, 3.05) is 24.7 Å². The summed E-state index contributed by atoms with van der Waals surface area (Å²) in [5.41, 5.74) is 0.993. The molecule has 2 heterocycles. The van der Waals surface area contributed by atoms with Gasteiger partial charge in [0.25, 0.3) is 5.91 Å². The van der Waals surface area contributed by atoms with Crippen LogP contribution < -0.4 is 5.32 Å². The lowest BCUT2D eigenvalue weighted by Gasteiger charge is -2.08. The number of aliphatic hydroxyl groups is 1. The van der Waals surface area contributed by atoms with Crippen molar-refractivity contribution in [1.82, 2.24) is 5.32 Å². The van der Waals surface area contributed by atoms with E-state index in [0.717, 1.165) is 22.7 Å². The molecule has 1 aromatic heterocycles. The summed E-state index contributed by atoms with van der Waals surface area (Å²) in [6.45, 7) is 2.54. The Bertz CT molecular complexity index is 507. The number of amides is 1. The van der Waals surface area contributed by atoms with Crippen LogP contribution in [-0.2, 0) is 0 Å². The van der Waals surface area contributed by atoms with Crippen LogP contribution in [0.4, 0.5) is 0 Å². The second kappa shape index (κ2) is 6.99. The van der Waals surface area contributed by atoms with Gasteiger partial charge in [-0.25, -0.2) is 0 Å². The molecule has 1 fully saturated rings. The molecule has 0 spiro atoms. The van der Waals surface area contributed by atoms with Crippen LogP contribution in [0.3, 0.4) is 0 Å². The Hall–Kier alpha value is -0.960. The minimum absolute atomic E-state index is 0.0120. The standard InChI is InChI=1S/C14H17NO2S2/c1-10-7-13(19-12(10)3-2-5-16)14(17)15-8-11-4-6-18-9-11/h7,11,16H,4-6,8-9H2,1H3,(H,15,17). The summed E-state index contributed by atoms with van der Waals surface area (Å²) >= 11 is 3.34. The fourth-order valence-corrected chi connectivity index (χ4v) is 4.15. The molecule has 1 aliphatic rings. The maximum atomic E-state index is 12.0. The highest BCUT2D eigenvalue weighted by atomic mass is 32.2. The van der Waals surface area contributed by atoms with Crippen molar-refractivity contribution < 1.29 is 9.90 Å². The SMILES string of the molecule is Cc1cc(C(=O)NCC2CCSC2)sc1C#CCO. The number of hydrogen-bond donors (Lipinski definition) is 2. The van der Waals surface area contributed by atoms with Crippen molar-refractivity contribution in [3.05, 3.63) is 21.4 Å². The van der Waals surface area contributed by atoms with E-state index >= 15 is 0 Å². The summed E-state index contributed by atoms with van der Waals surface area (Å²) in [5, 5.41) is 11.7. The van der Waals surface area contributed by atoms with Gasteiger partial charge in [-0.05, 0) is 42.4 Å². The van der Waals surface area contributed by atoms with E-state index < -0.39 is 0 Å². The Morgan fingerprint density at radius 3 is 3.16 bits per heavy atom. The number of thiophene rings is 1. The quantitative estimate of drug-likeness (QED) is 0.837. The molecule has 0 aliphatic carbocycles. The zero-order valence-electron chi connectivity index (χ0n) is 10.9. The minimum Gasteiger partial charge on any atom is -0.384 e. The number of thioether (sulfide) groups is 1. The molecule has 5 heteroatoms. The highest BCUT2D eigenvalue weighted by molar-refractivity contribution is 7.99. The third-order valence-electron chi connectivity index (χ3n) is 3.00. The van der Waals surface area contributed by atoms with Gasteiger partial charge in [-0.1, -0.05) is 11.8 Å². The number of rotatable bonds is 3. The van der Waals surface area contributed by atoms with Crippen molar-refractivity contribution >= 4 is 29.0 Å². The topological polar surface area (TPSA) is 49.3 Å². The number of hydrogen-bond acceptors (Lipinski definition) is 4. The number of aryl methyl sites for hydroxylation is 1. The number of carbonyl (C=O) groups excluding carboxylic acids is 1. The smallest absolute Gasteiger partial charge is 0.261 e. The molecule has 0 bridgehead atoms. The Kier molecular flexibility index (Phi) is 5.32. The molecule has 1 saturated heterocycles. The van der Waals surface area contributed by atoms with Gasteiger partial charge in [0.05, 0.1) is 9.75 Å². The van der Waals surface area contributed by atoms with Crippen molar-refractivity contribution in [2.45, 2.75) is 13.3 Å². The van der Waals surface area contributed by atoms with Crippen LogP contribution >= 0.6 is 23.1 Å². The first-order valence-electron chi connectivity index (χ1n) is 6.27. The number of nitrogens with one attached hydrogen (secondary N) is 1. The van der Waals surface area contributed by atoms with E-state index in [9.17, 15) is 4.79 Å². The van der Waals surface area contributed by atoms with Gasteiger partial charge in [0, 0.05) is 6.54 Å². The van der Waals surface area contributed by atoms with Gasteiger partial charge >= 0.3 is 0 Å². The predicted molar refractivity (Wildman–Crippen MR) is 80.8 cm³/mol. The minimum atomic E-state index is -0.155. The van der Waals surface area contributed by atoms with Gasteiger partial charge in [0.2, 0.25) is 0 Å². The Balaban J connectivity index is 1.94. The molecule has 0 saturated carbocycles. The maximum absolute atomic E-state index is 12.0. The lowest BCUT2D eigenvalue weighted by atomic mass is 10.1. The molecule has 1 aromatic rings. The fourth-order valence-electron chi connectivity index (χ4n) is 1.91. The van der Waals surface area contributed by atoms with Gasteiger partial charge in [-0.2, -0.15) is 11.8 Å². The van der Waals surface area contributed by atoms with Crippen molar-refractivity contribution in [2.24, 2.45) is 5.92 Å². The van der Waals surface area contributed by atoms with Crippen LogP contribution in [0.2, 0.25) is 0 Å². The lowest BCUT2D eigenvalue weighted by molar-refractivity contribution is 0.0952. The predicted octanol–water partition coefficient (Wildman–Crippen LogP) is 1.88. The Labute approximate surface area is 121 Å². The van der Waals surface area contributed by atoms with E-state index in [2.05, 4.69) is 17.2 Å². The van der Waals surface area contributed by atoms with Crippen LogP contribution in [0.25, 0.3) is 0 Å². The van der Waals surface area contributed by atoms with Crippen molar-refractivity contribution in [3.63, 3.8) is 0 Å². The molecule has 0 radical (unpaired) electrons. The molecular weight excluding hydrogens is 278 g/mol. The van der Waals surface area contributed by atoms with Crippen molar-refractivity contribution in [1.29, 1.82) is 0 Å². The van der Waals surface area contributed by atoms with Gasteiger partial charge < -0.3 is 10.4 Å². The first-order valence-corrected chi connectivity index (χ1v) is 8.24. The average molecular weight is 295 g/mol. The summed E-state index contributed by atoms with van der Waals surface area (Å²) in [6, 6.07) is 1.87. The third-order valence-corrected chi connectivity index (χ3v) is 5.38. The van der Waals surface area contributed by atoms with E-state index in [-0.39, 0.29) is 12.5 Å². The van der Waals surface area contributed by atoms with Gasteiger partial charge in [0.15, 0.2) is 0 Å². The first-order chi connectivity index (χ1) is 9.20. The summed E-state index contributed by atoms with van der Waals surface area (Å²) in [7, 11) is 0. The van der Waals surface area contributed by atoms with E-state index in [1.807, 2.05) is 24.8 Å². The number of carbonyl (C=O) groups is 1. The van der Waals surface area contributed by atoms with Crippen LogP contribution in [-0.4, -0.2) is 35.7 Å². The zero-order valence-corrected chi connectivity index (χ0v) is 12.5. The largest absolute Gasteiger partial charge is 0.384 e. The van der Waals surface area contributed by atoms with Gasteiger partial charge in [-0.15, -0.1) is 11.3 Å². The normalized spacial score (nSPS) is 17.9. The van der Waals surface area contributed by atoms with Crippen LogP contribution in [0, 0.1) is 24.7 Å². The van der Waals surface area contributed by atoms with E-state index in [1.165, 1.54) is 23.5 Å². The van der Waals surface area contributed by atoms with Crippen LogP contribution in [0.15, 0.2) is 6.07 Å². The van der Waals surface area contributed by atoms with Gasteiger partial charge in [-0.3, -0.25) is 4.79 Å².